The summed E-state index contributed by atoms with van der Waals surface area (Å²) < 4.78 is 1.91. The van der Waals surface area contributed by atoms with Crippen LogP contribution in [0, 0.1) is 13.8 Å². The van der Waals surface area contributed by atoms with Crippen molar-refractivity contribution in [3.8, 4) is 0 Å². The molecule has 5 heteroatoms. The van der Waals surface area contributed by atoms with Crippen molar-refractivity contribution in [2.45, 2.75) is 13.8 Å². The van der Waals surface area contributed by atoms with Gasteiger partial charge in [0.25, 0.3) is 5.91 Å². The largest absolute Gasteiger partial charge is 0.322 e. The lowest BCUT2D eigenvalue weighted by atomic mass is 10.1. The highest BCUT2D eigenvalue weighted by molar-refractivity contribution is 9.10. The molecule has 3 rings (SSSR count). The second kappa shape index (κ2) is 5.58. The minimum Gasteiger partial charge on any atom is -0.322 e. The number of aryl methyl sites for hydroxylation is 2. The van der Waals surface area contributed by atoms with Crippen LogP contribution in [-0.4, -0.2) is 10.9 Å². The van der Waals surface area contributed by atoms with Crippen LogP contribution < -0.4 is 5.32 Å². The van der Waals surface area contributed by atoms with Crippen LogP contribution >= 0.6 is 27.3 Å². The zero-order valence-corrected chi connectivity index (χ0v) is 14.0. The molecular weight excluding hydrogens is 348 g/mol. The first kappa shape index (κ1) is 14.2. The fraction of sp³-hybridized carbons (Fsp3) is 0.125. The molecule has 1 N–H and O–H groups in total. The highest BCUT2D eigenvalue weighted by atomic mass is 79.9. The van der Waals surface area contributed by atoms with Crippen molar-refractivity contribution in [3.05, 3.63) is 57.0 Å². The van der Waals surface area contributed by atoms with Crippen LogP contribution in [0.1, 0.15) is 20.9 Å². The first-order chi connectivity index (χ1) is 10.0. The Morgan fingerprint density at radius 3 is 2.86 bits per heavy atom. The molecule has 0 fully saturated rings. The lowest BCUT2D eigenvalue weighted by Gasteiger charge is -2.08. The van der Waals surface area contributed by atoms with E-state index in [9.17, 15) is 4.79 Å². The Bertz CT molecular complexity index is 841. The highest BCUT2D eigenvalue weighted by Crippen LogP contribution is 2.26. The summed E-state index contributed by atoms with van der Waals surface area (Å²) >= 11 is 5.09. The number of nitrogens with one attached hydrogen (secondary N) is 1. The topological polar surface area (TPSA) is 42.0 Å². The molecule has 0 radical (unpaired) electrons. The van der Waals surface area contributed by atoms with Crippen LogP contribution in [0.15, 0.2) is 40.9 Å². The van der Waals surface area contributed by atoms with Crippen LogP contribution in [0.2, 0.25) is 0 Å². The molecule has 1 amide bonds. The summed E-state index contributed by atoms with van der Waals surface area (Å²) in [4.78, 5) is 16.8. The van der Waals surface area contributed by atoms with Crippen molar-refractivity contribution in [2.75, 3.05) is 5.32 Å². The van der Waals surface area contributed by atoms with Crippen molar-refractivity contribution >= 4 is 49.1 Å². The lowest BCUT2D eigenvalue weighted by molar-refractivity contribution is 0.102. The van der Waals surface area contributed by atoms with Crippen LogP contribution in [0.3, 0.4) is 0 Å². The van der Waals surface area contributed by atoms with Gasteiger partial charge in [-0.05, 0) is 59.6 Å². The Morgan fingerprint density at radius 2 is 2.05 bits per heavy atom. The number of fused-ring (bicyclic) bond motifs is 1. The molecule has 0 aliphatic carbocycles. The smallest absolute Gasteiger partial charge is 0.256 e. The number of aromatic nitrogens is 1. The molecule has 0 bridgehead atoms. The van der Waals surface area contributed by atoms with Gasteiger partial charge in [-0.15, -0.1) is 11.3 Å². The lowest BCUT2D eigenvalue weighted by Crippen LogP contribution is -2.12. The van der Waals surface area contributed by atoms with Crippen LogP contribution in [0.4, 0.5) is 5.69 Å². The summed E-state index contributed by atoms with van der Waals surface area (Å²) in [6.45, 7) is 3.94. The van der Waals surface area contributed by atoms with Gasteiger partial charge in [0.2, 0.25) is 0 Å². The summed E-state index contributed by atoms with van der Waals surface area (Å²) in [7, 11) is 0. The Labute approximate surface area is 135 Å². The second-order valence-corrected chi connectivity index (χ2v) is 6.83. The zero-order chi connectivity index (χ0) is 15.0. The van der Waals surface area contributed by atoms with E-state index in [2.05, 4.69) is 26.2 Å². The molecule has 0 atom stereocenters. The molecule has 2 aromatic carbocycles. The van der Waals surface area contributed by atoms with Gasteiger partial charge in [-0.25, -0.2) is 4.98 Å². The monoisotopic (exact) mass is 360 g/mol. The summed E-state index contributed by atoms with van der Waals surface area (Å²) in [6.07, 6.45) is 0. The molecule has 21 heavy (non-hydrogen) atoms. The molecule has 0 aliphatic rings. The summed E-state index contributed by atoms with van der Waals surface area (Å²) in [5.74, 6) is -0.119. The minimum absolute atomic E-state index is 0.119. The Kier molecular flexibility index (Phi) is 3.78. The molecule has 106 valence electrons. The molecule has 0 unspecified atom stereocenters. The van der Waals surface area contributed by atoms with E-state index in [1.165, 1.54) is 0 Å². The number of carbonyl (C=O) groups is 1. The molecule has 1 heterocycles. The van der Waals surface area contributed by atoms with Gasteiger partial charge < -0.3 is 5.32 Å². The number of nitrogens with zero attached hydrogens (tertiary/aromatic N) is 1. The van der Waals surface area contributed by atoms with E-state index in [-0.39, 0.29) is 5.91 Å². The number of halogens is 1. The predicted octanol–water partition coefficient (Wildman–Crippen LogP) is 4.93. The van der Waals surface area contributed by atoms with E-state index >= 15 is 0 Å². The normalized spacial score (nSPS) is 10.8. The number of carbonyl (C=O) groups excluding carboxylic acids is 1. The maximum atomic E-state index is 12.4. The number of hydrogen-bond donors (Lipinski definition) is 1. The van der Waals surface area contributed by atoms with Gasteiger partial charge >= 0.3 is 0 Å². The van der Waals surface area contributed by atoms with E-state index in [0.29, 0.717) is 5.56 Å². The Hall–Kier alpha value is -1.72. The van der Waals surface area contributed by atoms with E-state index in [4.69, 9.17) is 0 Å². The van der Waals surface area contributed by atoms with Crippen molar-refractivity contribution in [1.82, 2.24) is 4.98 Å². The van der Waals surface area contributed by atoms with Crippen LogP contribution in [0.25, 0.3) is 10.2 Å². The van der Waals surface area contributed by atoms with Gasteiger partial charge in [0.05, 0.1) is 20.8 Å². The van der Waals surface area contributed by atoms with Gasteiger partial charge in [-0.2, -0.15) is 0 Å². The quantitative estimate of drug-likeness (QED) is 0.703. The minimum atomic E-state index is -0.119. The number of thiazole rings is 1. The number of amides is 1. The molecule has 1 aromatic heterocycles. The fourth-order valence-electron chi connectivity index (χ4n) is 2.14. The molecule has 0 saturated heterocycles. The average Bonchev–Trinajstić information content (AvgIpc) is 2.81. The standard InChI is InChI=1S/C16H13BrN2OS/c1-9-4-3-5-12(15(9)17)16(20)19-11-6-7-13-14(8-11)21-10(2)18-13/h3-8H,1-2H3,(H,19,20). The molecule has 3 nitrogen and oxygen atoms in total. The van der Waals surface area contributed by atoms with Gasteiger partial charge in [0, 0.05) is 10.2 Å². The highest BCUT2D eigenvalue weighted by Gasteiger charge is 2.12. The summed E-state index contributed by atoms with van der Waals surface area (Å²) in [5.41, 5.74) is 3.42. The third-order valence-corrected chi connectivity index (χ3v) is 5.18. The van der Waals surface area contributed by atoms with E-state index in [1.54, 1.807) is 11.3 Å². The van der Waals surface area contributed by atoms with Crippen molar-refractivity contribution in [2.24, 2.45) is 0 Å². The van der Waals surface area contributed by atoms with Gasteiger partial charge in [0.15, 0.2) is 0 Å². The van der Waals surface area contributed by atoms with Crippen LogP contribution in [0.5, 0.6) is 0 Å². The number of rotatable bonds is 2. The zero-order valence-electron chi connectivity index (χ0n) is 11.6. The summed E-state index contributed by atoms with van der Waals surface area (Å²) in [6, 6.07) is 11.4. The van der Waals surface area contributed by atoms with Crippen molar-refractivity contribution in [3.63, 3.8) is 0 Å². The predicted molar refractivity (Wildman–Crippen MR) is 91.2 cm³/mol. The SMILES string of the molecule is Cc1nc2ccc(NC(=O)c3cccc(C)c3Br)cc2s1. The first-order valence-electron chi connectivity index (χ1n) is 6.48. The maximum Gasteiger partial charge on any atom is 0.256 e. The third-order valence-electron chi connectivity index (χ3n) is 3.19. The molecule has 0 aliphatic heterocycles. The fourth-order valence-corrected chi connectivity index (χ4v) is 3.45. The van der Waals surface area contributed by atoms with Gasteiger partial charge in [-0.3, -0.25) is 4.79 Å². The second-order valence-electron chi connectivity index (χ2n) is 4.81. The molecular formula is C16H13BrN2OS. The van der Waals surface area contributed by atoms with Gasteiger partial charge in [0.1, 0.15) is 0 Å². The molecule has 0 saturated carbocycles. The van der Waals surface area contributed by atoms with Crippen molar-refractivity contribution < 1.29 is 4.79 Å². The van der Waals surface area contributed by atoms with E-state index in [0.717, 1.165) is 30.9 Å². The summed E-state index contributed by atoms with van der Waals surface area (Å²) in [5, 5.41) is 3.96. The van der Waals surface area contributed by atoms with Crippen molar-refractivity contribution in [1.29, 1.82) is 0 Å². The molecule has 0 spiro atoms. The van der Waals surface area contributed by atoms with Gasteiger partial charge in [-0.1, -0.05) is 12.1 Å². The number of benzene rings is 2. The Morgan fingerprint density at radius 1 is 1.24 bits per heavy atom. The average molecular weight is 361 g/mol. The maximum absolute atomic E-state index is 12.4. The third kappa shape index (κ3) is 2.84. The number of hydrogen-bond acceptors (Lipinski definition) is 3. The van der Waals surface area contributed by atoms with Crippen LogP contribution in [-0.2, 0) is 0 Å². The Balaban J connectivity index is 1.90. The number of anilines is 1. The van der Waals surface area contributed by atoms with E-state index in [1.807, 2.05) is 50.2 Å². The van der Waals surface area contributed by atoms with E-state index < -0.39 is 0 Å². The molecule has 3 aromatic rings. The first-order valence-corrected chi connectivity index (χ1v) is 8.09.